The average molecular weight is 455 g/mol. The second-order valence-electron chi connectivity index (χ2n) is 9.35. The van der Waals surface area contributed by atoms with Gasteiger partial charge in [-0.3, -0.25) is 10.4 Å². The highest BCUT2D eigenvalue weighted by molar-refractivity contribution is 5.88. The number of aromatic nitrogens is 2. The molecule has 2 aliphatic heterocycles. The van der Waals surface area contributed by atoms with Crippen molar-refractivity contribution >= 4 is 23.6 Å². The number of benzene rings is 1. The molecule has 3 heterocycles. The Kier molecular flexibility index (Phi) is 5.84. The van der Waals surface area contributed by atoms with Gasteiger partial charge in [0, 0.05) is 42.8 Å². The van der Waals surface area contributed by atoms with Gasteiger partial charge >= 0.3 is 12.1 Å². The number of anilines is 2. The van der Waals surface area contributed by atoms with E-state index in [0.29, 0.717) is 31.9 Å². The van der Waals surface area contributed by atoms with Gasteiger partial charge < -0.3 is 25.0 Å². The minimum absolute atomic E-state index is 0.112. The maximum atomic E-state index is 12.7. The number of carbonyl (C=O) groups is 2. The predicted octanol–water partition coefficient (Wildman–Crippen LogP) is 3.24. The SMILES string of the molecule is CC1(NC(=O)O[C@@H]2CO[C@H](c3cc(NC(=O)N4CC[C@H](Nc5ccccc5)C4)n[nH]3)C2)CC1. The molecule has 0 unspecified atom stereocenters. The summed E-state index contributed by atoms with van der Waals surface area (Å²) in [4.78, 5) is 26.5. The van der Waals surface area contributed by atoms with Crippen LogP contribution in [0.5, 0.6) is 0 Å². The van der Waals surface area contributed by atoms with Crippen molar-refractivity contribution in [3.63, 3.8) is 0 Å². The predicted molar refractivity (Wildman–Crippen MR) is 122 cm³/mol. The summed E-state index contributed by atoms with van der Waals surface area (Å²) in [5.74, 6) is 0.446. The van der Waals surface area contributed by atoms with E-state index in [4.69, 9.17) is 9.47 Å². The zero-order valence-electron chi connectivity index (χ0n) is 18.7. The van der Waals surface area contributed by atoms with Crippen molar-refractivity contribution < 1.29 is 19.1 Å². The largest absolute Gasteiger partial charge is 0.444 e. The normalized spacial score (nSPS) is 25.5. The summed E-state index contributed by atoms with van der Waals surface area (Å²) in [6.07, 6.45) is 2.43. The van der Waals surface area contributed by atoms with E-state index in [9.17, 15) is 9.59 Å². The van der Waals surface area contributed by atoms with Crippen LogP contribution >= 0.6 is 0 Å². The van der Waals surface area contributed by atoms with Gasteiger partial charge in [0.1, 0.15) is 12.2 Å². The van der Waals surface area contributed by atoms with Crippen LogP contribution in [0, 0.1) is 0 Å². The number of likely N-dealkylation sites (tertiary alicyclic amines) is 1. The van der Waals surface area contributed by atoms with Gasteiger partial charge in [0.2, 0.25) is 0 Å². The van der Waals surface area contributed by atoms with Gasteiger partial charge in [0.15, 0.2) is 5.82 Å². The van der Waals surface area contributed by atoms with Crippen LogP contribution in [0.1, 0.15) is 44.4 Å². The molecule has 33 heavy (non-hydrogen) atoms. The molecular weight excluding hydrogens is 424 g/mol. The molecule has 1 aromatic heterocycles. The Labute approximate surface area is 192 Å². The first-order valence-corrected chi connectivity index (χ1v) is 11.5. The molecule has 176 valence electrons. The lowest BCUT2D eigenvalue weighted by molar-refractivity contribution is 0.0675. The number of urea groups is 1. The van der Waals surface area contributed by atoms with Gasteiger partial charge in [-0.25, -0.2) is 9.59 Å². The molecule has 0 spiro atoms. The van der Waals surface area contributed by atoms with Gasteiger partial charge in [-0.1, -0.05) is 18.2 Å². The summed E-state index contributed by atoms with van der Waals surface area (Å²) in [5, 5.41) is 16.3. The third kappa shape index (κ3) is 5.39. The lowest BCUT2D eigenvalue weighted by atomic mass is 10.1. The number of nitrogens with one attached hydrogen (secondary N) is 4. The molecule has 1 aromatic carbocycles. The number of amides is 3. The molecule has 0 radical (unpaired) electrons. The molecule has 3 aliphatic rings. The van der Waals surface area contributed by atoms with E-state index in [1.165, 1.54) is 0 Å². The Balaban J connectivity index is 1.08. The third-order valence-electron chi connectivity index (χ3n) is 6.44. The minimum atomic E-state index is -0.396. The van der Waals surface area contributed by atoms with Crippen molar-refractivity contribution in [2.45, 2.75) is 56.4 Å². The molecule has 1 aliphatic carbocycles. The molecule has 1 saturated carbocycles. The van der Waals surface area contributed by atoms with E-state index in [1.54, 1.807) is 11.0 Å². The number of para-hydroxylation sites is 1. The van der Waals surface area contributed by atoms with Crippen molar-refractivity contribution in [3.8, 4) is 0 Å². The first-order chi connectivity index (χ1) is 16.0. The van der Waals surface area contributed by atoms with Gasteiger partial charge in [-0.05, 0) is 38.3 Å². The first-order valence-electron chi connectivity index (χ1n) is 11.5. The van der Waals surface area contributed by atoms with Crippen molar-refractivity contribution in [1.82, 2.24) is 20.4 Å². The smallest absolute Gasteiger partial charge is 0.407 e. The lowest BCUT2D eigenvalue weighted by Gasteiger charge is -2.17. The summed E-state index contributed by atoms with van der Waals surface area (Å²) in [5.41, 5.74) is 1.69. The summed E-state index contributed by atoms with van der Waals surface area (Å²) in [6.45, 7) is 3.65. The van der Waals surface area contributed by atoms with Gasteiger partial charge in [-0.15, -0.1) is 0 Å². The number of nitrogens with zero attached hydrogens (tertiary/aromatic N) is 2. The van der Waals surface area contributed by atoms with E-state index < -0.39 is 6.09 Å². The van der Waals surface area contributed by atoms with Gasteiger partial charge in [-0.2, -0.15) is 5.10 Å². The zero-order valence-corrected chi connectivity index (χ0v) is 18.7. The summed E-state index contributed by atoms with van der Waals surface area (Å²) < 4.78 is 11.3. The topological polar surface area (TPSA) is 121 Å². The molecule has 4 N–H and O–H groups in total. The monoisotopic (exact) mass is 454 g/mol. The first kappa shape index (κ1) is 21.6. The molecule has 10 nitrogen and oxygen atoms in total. The number of hydrogen-bond acceptors (Lipinski definition) is 6. The summed E-state index contributed by atoms with van der Waals surface area (Å²) >= 11 is 0. The minimum Gasteiger partial charge on any atom is -0.444 e. The summed E-state index contributed by atoms with van der Waals surface area (Å²) in [7, 11) is 0. The number of aromatic amines is 1. The van der Waals surface area contributed by atoms with E-state index in [1.807, 2.05) is 37.3 Å². The van der Waals surface area contributed by atoms with Crippen LogP contribution < -0.4 is 16.0 Å². The van der Waals surface area contributed by atoms with Gasteiger partial charge in [0.05, 0.1) is 12.3 Å². The van der Waals surface area contributed by atoms with E-state index >= 15 is 0 Å². The number of rotatable bonds is 6. The van der Waals surface area contributed by atoms with Crippen LogP contribution in [-0.4, -0.2) is 64.6 Å². The van der Waals surface area contributed by atoms with Crippen molar-refractivity contribution in [1.29, 1.82) is 0 Å². The van der Waals surface area contributed by atoms with E-state index in [0.717, 1.165) is 30.6 Å². The molecule has 0 bridgehead atoms. The van der Waals surface area contributed by atoms with Crippen molar-refractivity contribution in [2.75, 3.05) is 30.3 Å². The summed E-state index contributed by atoms with van der Waals surface area (Å²) in [6, 6.07) is 11.8. The second kappa shape index (κ2) is 8.93. The number of carbonyl (C=O) groups excluding carboxylic acids is 2. The molecule has 3 amide bonds. The molecule has 2 saturated heterocycles. The van der Waals surface area contributed by atoms with Crippen molar-refractivity contribution in [3.05, 3.63) is 42.1 Å². The van der Waals surface area contributed by atoms with Gasteiger partial charge in [0.25, 0.3) is 0 Å². The van der Waals surface area contributed by atoms with Crippen molar-refractivity contribution in [2.24, 2.45) is 0 Å². The number of hydrogen-bond donors (Lipinski definition) is 4. The molecule has 5 rings (SSSR count). The lowest BCUT2D eigenvalue weighted by Crippen LogP contribution is -2.37. The van der Waals surface area contributed by atoms with Crippen LogP contribution in [0.25, 0.3) is 0 Å². The Hall–Kier alpha value is -3.27. The zero-order chi connectivity index (χ0) is 22.8. The number of alkyl carbamates (subject to hydrolysis) is 1. The number of H-pyrrole nitrogens is 1. The van der Waals surface area contributed by atoms with Crippen LogP contribution in [0.2, 0.25) is 0 Å². The Bertz CT molecular complexity index is 992. The van der Waals surface area contributed by atoms with Crippen LogP contribution in [0.4, 0.5) is 21.1 Å². The average Bonchev–Trinajstić information content (AvgIpc) is 3.22. The van der Waals surface area contributed by atoms with E-state index in [2.05, 4.69) is 26.1 Å². The highest BCUT2D eigenvalue weighted by Crippen LogP contribution is 2.35. The molecule has 3 atom stereocenters. The quantitative estimate of drug-likeness (QED) is 0.532. The Morgan fingerprint density at radius 3 is 2.88 bits per heavy atom. The molecule has 2 aromatic rings. The Morgan fingerprint density at radius 2 is 2.09 bits per heavy atom. The van der Waals surface area contributed by atoms with Crippen LogP contribution in [0.3, 0.4) is 0 Å². The number of ether oxygens (including phenoxy) is 2. The van der Waals surface area contributed by atoms with Crippen LogP contribution in [0.15, 0.2) is 36.4 Å². The Morgan fingerprint density at radius 1 is 1.27 bits per heavy atom. The maximum absolute atomic E-state index is 12.7. The standard InChI is InChI=1S/C23H30N6O4/c1-23(8-9-23)26-22(31)33-17-11-19(32-14-17)18-12-20(28-27-18)25-21(30)29-10-7-16(13-29)24-15-5-3-2-4-6-15/h2-6,12,16-17,19,24H,7-11,13-14H2,1H3,(H,26,31)(H2,25,27,28,30)/t16-,17-,19-/m0/s1. The fourth-order valence-electron chi connectivity index (χ4n) is 4.22. The highest BCUT2D eigenvalue weighted by Gasteiger charge is 2.40. The fraction of sp³-hybridized carbons (Fsp3) is 0.522. The molecule has 3 fully saturated rings. The van der Waals surface area contributed by atoms with Crippen LogP contribution in [-0.2, 0) is 9.47 Å². The highest BCUT2D eigenvalue weighted by atomic mass is 16.6. The molecular formula is C23H30N6O4. The second-order valence-corrected chi connectivity index (χ2v) is 9.35. The third-order valence-corrected chi connectivity index (χ3v) is 6.44. The van der Waals surface area contributed by atoms with E-state index in [-0.39, 0.29) is 29.8 Å². The fourth-order valence-corrected chi connectivity index (χ4v) is 4.22. The molecule has 10 heteroatoms. The maximum Gasteiger partial charge on any atom is 0.407 e.